The van der Waals surface area contributed by atoms with Crippen LogP contribution in [0.1, 0.15) is 43.8 Å². The van der Waals surface area contributed by atoms with Gasteiger partial charge in [-0.2, -0.15) is 0 Å². The quantitative estimate of drug-likeness (QED) is 0.884. The number of rotatable bonds is 3. The van der Waals surface area contributed by atoms with E-state index in [1.165, 1.54) is 0 Å². The molecule has 2 aliphatic heterocycles. The van der Waals surface area contributed by atoms with E-state index in [0.717, 1.165) is 29.7 Å². The van der Waals surface area contributed by atoms with Crippen molar-refractivity contribution in [2.75, 3.05) is 20.1 Å². The Labute approximate surface area is 163 Å². The van der Waals surface area contributed by atoms with Gasteiger partial charge in [-0.05, 0) is 48.2 Å². The molecule has 0 radical (unpaired) electrons. The number of amides is 2. The van der Waals surface area contributed by atoms with Gasteiger partial charge in [0.2, 0.25) is 0 Å². The van der Waals surface area contributed by atoms with Crippen LogP contribution in [0.25, 0.3) is 0 Å². The van der Waals surface area contributed by atoms with E-state index in [1.807, 2.05) is 30.0 Å². The van der Waals surface area contributed by atoms with Gasteiger partial charge in [0.05, 0.1) is 17.1 Å². The molecule has 2 amide bonds. The highest BCUT2D eigenvalue weighted by Gasteiger charge is 2.36. The van der Waals surface area contributed by atoms with E-state index in [1.54, 1.807) is 19.2 Å². The molecule has 0 unspecified atom stereocenters. The summed E-state index contributed by atoms with van der Waals surface area (Å²) < 4.78 is 6.05. The molecule has 0 spiro atoms. The standard InChI is InChI=1S/C21H21ClN2O3/c1-12-15(9-13-3-5-14(6-4-13)20(25)23-2)10-17-19(18(12)22)27-16-7-8-24(11-16)21(17)26/h3-6,10,16H,7-9,11H2,1-2H3,(H,23,25)/t16-/m0/s1. The lowest BCUT2D eigenvalue weighted by molar-refractivity contribution is 0.0792. The lowest BCUT2D eigenvalue weighted by Gasteiger charge is -2.20. The zero-order chi connectivity index (χ0) is 19.1. The molecule has 6 heteroatoms. The first kappa shape index (κ1) is 17.9. The summed E-state index contributed by atoms with van der Waals surface area (Å²) in [5.41, 5.74) is 4.12. The van der Waals surface area contributed by atoms with Crippen molar-refractivity contribution in [3.63, 3.8) is 0 Å². The molecule has 0 aliphatic carbocycles. The van der Waals surface area contributed by atoms with Crippen LogP contribution in [0.15, 0.2) is 30.3 Å². The van der Waals surface area contributed by atoms with E-state index in [9.17, 15) is 9.59 Å². The number of nitrogens with one attached hydrogen (secondary N) is 1. The van der Waals surface area contributed by atoms with Crippen LogP contribution in [0.5, 0.6) is 5.75 Å². The maximum Gasteiger partial charge on any atom is 0.257 e. The molecule has 1 saturated heterocycles. The Bertz CT molecular complexity index is 924. The molecule has 0 saturated carbocycles. The SMILES string of the molecule is CNC(=O)c1ccc(Cc2cc3c(c(Cl)c2C)O[C@H]2CCN(C2)C3=O)cc1. The monoisotopic (exact) mass is 384 g/mol. The third kappa shape index (κ3) is 3.16. The number of carbonyl (C=O) groups is 2. The number of benzene rings is 2. The van der Waals surface area contributed by atoms with E-state index in [0.29, 0.717) is 34.9 Å². The van der Waals surface area contributed by atoms with Gasteiger partial charge in [-0.15, -0.1) is 0 Å². The molecular formula is C21H21ClN2O3. The van der Waals surface area contributed by atoms with Gasteiger partial charge in [-0.25, -0.2) is 0 Å². The van der Waals surface area contributed by atoms with Crippen molar-refractivity contribution in [1.29, 1.82) is 0 Å². The van der Waals surface area contributed by atoms with Crippen LogP contribution < -0.4 is 10.1 Å². The number of fused-ring (bicyclic) bond motifs is 3. The van der Waals surface area contributed by atoms with E-state index < -0.39 is 0 Å². The summed E-state index contributed by atoms with van der Waals surface area (Å²) >= 11 is 6.59. The Morgan fingerprint density at radius 1 is 1.33 bits per heavy atom. The van der Waals surface area contributed by atoms with Crippen molar-refractivity contribution >= 4 is 23.4 Å². The second-order valence-electron chi connectivity index (χ2n) is 7.08. The number of ether oxygens (including phenoxy) is 1. The van der Waals surface area contributed by atoms with Crippen molar-refractivity contribution in [3.05, 3.63) is 63.2 Å². The molecule has 140 valence electrons. The van der Waals surface area contributed by atoms with Crippen LogP contribution >= 0.6 is 11.6 Å². The number of hydrogen-bond acceptors (Lipinski definition) is 3. The molecule has 2 heterocycles. The number of nitrogens with zero attached hydrogens (tertiary/aromatic N) is 1. The highest BCUT2D eigenvalue weighted by atomic mass is 35.5. The predicted molar refractivity (Wildman–Crippen MR) is 104 cm³/mol. The largest absolute Gasteiger partial charge is 0.486 e. The third-order valence-electron chi connectivity index (χ3n) is 5.36. The predicted octanol–water partition coefficient (Wildman–Crippen LogP) is 3.21. The molecule has 1 fully saturated rings. The van der Waals surface area contributed by atoms with Gasteiger partial charge in [0, 0.05) is 25.6 Å². The minimum absolute atomic E-state index is 0.0110. The fraction of sp³-hybridized carbons (Fsp3) is 0.333. The summed E-state index contributed by atoms with van der Waals surface area (Å²) in [6.45, 7) is 3.30. The summed E-state index contributed by atoms with van der Waals surface area (Å²) in [7, 11) is 1.61. The van der Waals surface area contributed by atoms with Gasteiger partial charge in [0.15, 0.2) is 5.75 Å². The molecule has 1 N–H and O–H groups in total. The number of halogens is 1. The fourth-order valence-electron chi connectivity index (χ4n) is 3.72. The van der Waals surface area contributed by atoms with Crippen molar-refractivity contribution in [2.24, 2.45) is 0 Å². The van der Waals surface area contributed by atoms with E-state index in [-0.39, 0.29) is 17.9 Å². The summed E-state index contributed by atoms with van der Waals surface area (Å²) in [6.07, 6.45) is 1.50. The van der Waals surface area contributed by atoms with Gasteiger partial charge in [-0.3, -0.25) is 9.59 Å². The first-order chi connectivity index (χ1) is 13.0. The molecule has 2 aromatic carbocycles. The molecule has 0 aromatic heterocycles. The molecule has 5 nitrogen and oxygen atoms in total. The van der Waals surface area contributed by atoms with Crippen LogP contribution in [0.3, 0.4) is 0 Å². The molecule has 2 aromatic rings. The second kappa shape index (κ2) is 6.89. The minimum Gasteiger partial charge on any atom is -0.486 e. The lowest BCUT2D eigenvalue weighted by atomic mass is 9.96. The number of carbonyl (C=O) groups excluding carboxylic acids is 2. The topological polar surface area (TPSA) is 58.6 Å². The Morgan fingerprint density at radius 2 is 2.07 bits per heavy atom. The lowest BCUT2D eigenvalue weighted by Crippen LogP contribution is -2.28. The highest BCUT2D eigenvalue weighted by molar-refractivity contribution is 6.33. The van der Waals surface area contributed by atoms with Crippen LogP contribution in [0, 0.1) is 6.92 Å². The molecule has 2 aliphatic rings. The van der Waals surface area contributed by atoms with Crippen molar-refractivity contribution in [3.8, 4) is 5.75 Å². The first-order valence-corrected chi connectivity index (χ1v) is 9.44. The van der Waals surface area contributed by atoms with E-state index in [4.69, 9.17) is 16.3 Å². The first-order valence-electron chi connectivity index (χ1n) is 9.07. The fourth-order valence-corrected chi connectivity index (χ4v) is 3.99. The van der Waals surface area contributed by atoms with Gasteiger partial charge >= 0.3 is 0 Å². The molecule has 1 atom stereocenters. The summed E-state index contributed by atoms with van der Waals surface area (Å²) in [4.78, 5) is 26.4. The third-order valence-corrected chi connectivity index (χ3v) is 5.81. The molecule has 2 bridgehead atoms. The van der Waals surface area contributed by atoms with E-state index >= 15 is 0 Å². The summed E-state index contributed by atoms with van der Waals surface area (Å²) in [5.74, 6) is 0.394. The Morgan fingerprint density at radius 3 is 2.78 bits per heavy atom. The van der Waals surface area contributed by atoms with Crippen LogP contribution in [0.4, 0.5) is 0 Å². The average molecular weight is 385 g/mol. The molecular weight excluding hydrogens is 364 g/mol. The van der Waals surface area contributed by atoms with Crippen molar-refractivity contribution in [2.45, 2.75) is 25.9 Å². The van der Waals surface area contributed by atoms with Gasteiger partial charge < -0.3 is 15.0 Å². The summed E-state index contributed by atoms with van der Waals surface area (Å²) in [6, 6.07) is 9.36. The van der Waals surface area contributed by atoms with Gasteiger partial charge in [0.25, 0.3) is 11.8 Å². The minimum atomic E-state index is -0.113. The van der Waals surface area contributed by atoms with Crippen LogP contribution in [0.2, 0.25) is 5.02 Å². The highest BCUT2D eigenvalue weighted by Crippen LogP contribution is 2.39. The molecule has 4 rings (SSSR count). The van der Waals surface area contributed by atoms with Crippen LogP contribution in [-0.4, -0.2) is 43.0 Å². The van der Waals surface area contributed by atoms with Crippen LogP contribution in [-0.2, 0) is 6.42 Å². The zero-order valence-electron chi connectivity index (χ0n) is 15.3. The summed E-state index contributed by atoms with van der Waals surface area (Å²) in [5, 5.41) is 3.13. The Balaban J connectivity index is 1.68. The van der Waals surface area contributed by atoms with Gasteiger partial charge in [-0.1, -0.05) is 23.7 Å². The normalized spacial score (nSPS) is 18.0. The average Bonchev–Trinajstić information content (AvgIpc) is 3.10. The van der Waals surface area contributed by atoms with Gasteiger partial charge in [0.1, 0.15) is 6.10 Å². The molecule has 27 heavy (non-hydrogen) atoms. The Hall–Kier alpha value is -2.53. The van der Waals surface area contributed by atoms with E-state index in [2.05, 4.69) is 5.32 Å². The van der Waals surface area contributed by atoms with Crippen molar-refractivity contribution < 1.29 is 14.3 Å². The second-order valence-corrected chi connectivity index (χ2v) is 7.46. The van der Waals surface area contributed by atoms with Crippen molar-refractivity contribution in [1.82, 2.24) is 10.2 Å². The smallest absolute Gasteiger partial charge is 0.257 e. The maximum atomic E-state index is 12.9. The maximum absolute atomic E-state index is 12.9. The Kier molecular flexibility index (Phi) is 4.56. The zero-order valence-corrected chi connectivity index (χ0v) is 16.1. The number of hydrogen-bond donors (Lipinski definition) is 1.